The van der Waals surface area contributed by atoms with Crippen molar-refractivity contribution in [2.24, 2.45) is 0 Å². The lowest BCUT2D eigenvalue weighted by molar-refractivity contribution is 0.477. The monoisotopic (exact) mass is 375 g/mol. The van der Waals surface area contributed by atoms with Crippen LogP contribution in [-0.2, 0) is 16.6 Å². The second-order valence-corrected chi connectivity index (χ2v) is 8.26. The molecule has 2 aromatic carbocycles. The van der Waals surface area contributed by atoms with E-state index in [0.717, 1.165) is 24.1 Å². The van der Waals surface area contributed by atoms with Gasteiger partial charge in [0.1, 0.15) is 6.07 Å². The molecule has 1 saturated heterocycles. The van der Waals surface area contributed by atoms with Gasteiger partial charge in [0.25, 0.3) is 0 Å². The molecule has 1 fully saturated rings. The van der Waals surface area contributed by atoms with Crippen LogP contribution < -0.4 is 5.32 Å². The van der Waals surface area contributed by atoms with Gasteiger partial charge in [-0.15, -0.1) is 0 Å². The van der Waals surface area contributed by atoms with Gasteiger partial charge in [-0.3, -0.25) is 0 Å². The molecule has 7 heteroatoms. The fourth-order valence-electron chi connectivity index (χ4n) is 2.78. The summed E-state index contributed by atoms with van der Waals surface area (Å²) in [5, 5.41) is 12.5. The molecule has 0 aliphatic carbocycles. The van der Waals surface area contributed by atoms with Crippen LogP contribution in [0.25, 0.3) is 0 Å². The largest absolute Gasteiger partial charge is 0.381 e. The molecule has 3 rings (SSSR count). The SMILES string of the molecule is N#Cc1ccc(NCc2ccc(S(=O)(=O)N3CCCC3)cc2)cc1Cl. The number of nitriles is 1. The molecular weight excluding hydrogens is 358 g/mol. The van der Waals surface area contributed by atoms with E-state index in [4.69, 9.17) is 16.9 Å². The van der Waals surface area contributed by atoms with Crippen molar-refractivity contribution in [2.75, 3.05) is 18.4 Å². The van der Waals surface area contributed by atoms with Crippen molar-refractivity contribution in [1.29, 1.82) is 5.26 Å². The molecule has 0 unspecified atom stereocenters. The molecule has 0 saturated carbocycles. The van der Waals surface area contributed by atoms with Crippen LogP contribution in [0.3, 0.4) is 0 Å². The molecule has 0 bridgehead atoms. The lowest BCUT2D eigenvalue weighted by Crippen LogP contribution is -2.27. The molecule has 1 aliphatic rings. The quantitative estimate of drug-likeness (QED) is 0.866. The van der Waals surface area contributed by atoms with E-state index in [1.807, 2.05) is 6.07 Å². The molecule has 1 heterocycles. The number of halogens is 1. The summed E-state index contributed by atoms with van der Waals surface area (Å²) in [6.07, 6.45) is 1.85. The van der Waals surface area contributed by atoms with Crippen molar-refractivity contribution in [3.63, 3.8) is 0 Å². The summed E-state index contributed by atoms with van der Waals surface area (Å²) in [7, 11) is -3.37. The van der Waals surface area contributed by atoms with Gasteiger partial charge in [0.05, 0.1) is 15.5 Å². The Labute approximate surface area is 152 Å². The third-order valence-corrected chi connectivity index (χ3v) is 6.44. The Kier molecular flexibility index (Phi) is 5.28. The van der Waals surface area contributed by atoms with Gasteiger partial charge in [-0.25, -0.2) is 8.42 Å². The third kappa shape index (κ3) is 3.96. The lowest BCUT2D eigenvalue weighted by atomic mass is 10.2. The van der Waals surface area contributed by atoms with E-state index in [9.17, 15) is 8.42 Å². The summed E-state index contributed by atoms with van der Waals surface area (Å²) in [6, 6.07) is 14.1. The highest BCUT2D eigenvalue weighted by molar-refractivity contribution is 7.89. The molecule has 130 valence electrons. The van der Waals surface area contributed by atoms with Crippen LogP contribution in [0.15, 0.2) is 47.4 Å². The first kappa shape index (κ1) is 17.7. The first-order valence-corrected chi connectivity index (χ1v) is 9.85. The second-order valence-electron chi connectivity index (χ2n) is 5.92. The molecule has 25 heavy (non-hydrogen) atoms. The van der Waals surface area contributed by atoms with Crippen molar-refractivity contribution in [3.05, 3.63) is 58.6 Å². The van der Waals surface area contributed by atoms with E-state index in [0.29, 0.717) is 35.1 Å². The molecule has 0 atom stereocenters. The molecule has 0 aromatic heterocycles. The maximum Gasteiger partial charge on any atom is 0.243 e. The number of rotatable bonds is 5. The molecule has 5 nitrogen and oxygen atoms in total. The van der Waals surface area contributed by atoms with Crippen molar-refractivity contribution in [3.8, 4) is 6.07 Å². The van der Waals surface area contributed by atoms with E-state index < -0.39 is 10.0 Å². The maximum atomic E-state index is 12.5. The average molecular weight is 376 g/mol. The van der Waals surface area contributed by atoms with Crippen LogP contribution in [-0.4, -0.2) is 25.8 Å². The summed E-state index contributed by atoms with van der Waals surface area (Å²) in [5.74, 6) is 0. The van der Waals surface area contributed by atoms with Gasteiger partial charge in [0, 0.05) is 25.3 Å². The van der Waals surface area contributed by atoms with Crippen molar-refractivity contribution >= 4 is 27.3 Å². The summed E-state index contributed by atoms with van der Waals surface area (Å²) in [6.45, 7) is 1.74. The van der Waals surface area contributed by atoms with E-state index >= 15 is 0 Å². The molecule has 0 amide bonds. The van der Waals surface area contributed by atoms with Gasteiger partial charge in [0.15, 0.2) is 0 Å². The minimum absolute atomic E-state index is 0.333. The van der Waals surface area contributed by atoms with Crippen LogP contribution >= 0.6 is 11.6 Å². The number of benzene rings is 2. The van der Waals surface area contributed by atoms with E-state index in [1.54, 1.807) is 46.8 Å². The number of anilines is 1. The van der Waals surface area contributed by atoms with Crippen molar-refractivity contribution < 1.29 is 8.42 Å². The first-order chi connectivity index (χ1) is 12.0. The van der Waals surface area contributed by atoms with Gasteiger partial charge >= 0.3 is 0 Å². The van der Waals surface area contributed by atoms with Crippen molar-refractivity contribution in [1.82, 2.24) is 4.31 Å². The zero-order valence-corrected chi connectivity index (χ0v) is 15.1. The van der Waals surface area contributed by atoms with Gasteiger partial charge in [-0.1, -0.05) is 23.7 Å². The number of hydrogen-bond acceptors (Lipinski definition) is 4. The molecule has 1 N–H and O–H groups in total. The van der Waals surface area contributed by atoms with Gasteiger partial charge < -0.3 is 5.32 Å². The molecule has 0 radical (unpaired) electrons. The van der Waals surface area contributed by atoms with Crippen LogP contribution in [0.5, 0.6) is 0 Å². The Morgan fingerprint density at radius 3 is 2.40 bits per heavy atom. The van der Waals surface area contributed by atoms with Gasteiger partial charge in [0.2, 0.25) is 10.0 Å². The highest BCUT2D eigenvalue weighted by atomic mass is 35.5. The Hall–Kier alpha value is -2.07. The molecular formula is C18H18ClN3O2S. The average Bonchev–Trinajstić information content (AvgIpc) is 3.16. The third-order valence-electron chi connectivity index (χ3n) is 4.21. The maximum absolute atomic E-state index is 12.5. The fourth-order valence-corrected chi connectivity index (χ4v) is 4.52. The Morgan fingerprint density at radius 1 is 1.12 bits per heavy atom. The predicted molar refractivity (Wildman–Crippen MR) is 97.9 cm³/mol. The van der Waals surface area contributed by atoms with E-state index in [1.165, 1.54) is 0 Å². The minimum atomic E-state index is -3.37. The molecule has 0 spiro atoms. The summed E-state index contributed by atoms with van der Waals surface area (Å²) < 4.78 is 26.5. The van der Waals surface area contributed by atoms with Crippen molar-refractivity contribution in [2.45, 2.75) is 24.3 Å². The Balaban J connectivity index is 1.67. The highest BCUT2D eigenvalue weighted by Crippen LogP contribution is 2.23. The summed E-state index contributed by atoms with van der Waals surface area (Å²) in [4.78, 5) is 0.333. The standard InChI is InChI=1S/C18H18ClN3O2S/c19-18-11-16(6-5-15(18)12-20)21-13-14-3-7-17(8-4-14)25(23,24)22-9-1-2-10-22/h3-8,11,21H,1-2,9-10,13H2. The molecule has 2 aromatic rings. The van der Waals surface area contributed by atoms with E-state index in [-0.39, 0.29) is 0 Å². The number of sulfonamides is 1. The molecule has 1 aliphatic heterocycles. The lowest BCUT2D eigenvalue weighted by Gasteiger charge is -2.15. The minimum Gasteiger partial charge on any atom is -0.381 e. The summed E-state index contributed by atoms with van der Waals surface area (Å²) >= 11 is 6.01. The Morgan fingerprint density at radius 2 is 1.80 bits per heavy atom. The second kappa shape index (κ2) is 7.44. The fraction of sp³-hybridized carbons (Fsp3) is 0.278. The zero-order chi connectivity index (χ0) is 17.9. The van der Waals surface area contributed by atoms with Gasteiger partial charge in [-0.05, 0) is 48.7 Å². The van der Waals surface area contributed by atoms with Crippen LogP contribution in [0.2, 0.25) is 5.02 Å². The topological polar surface area (TPSA) is 73.2 Å². The zero-order valence-electron chi connectivity index (χ0n) is 13.6. The first-order valence-electron chi connectivity index (χ1n) is 8.03. The number of nitrogens with zero attached hydrogens (tertiary/aromatic N) is 2. The smallest absolute Gasteiger partial charge is 0.243 e. The van der Waals surface area contributed by atoms with E-state index in [2.05, 4.69) is 5.32 Å². The van der Waals surface area contributed by atoms with Crippen LogP contribution in [0.1, 0.15) is 24.0 Å². The Bertz CT molecular complexity index is 899. The number of hydrogen-bond donors (Lipinski definition) is 1. The van der Waals surface area contributed by atoms with Gasteiger partial charge in [-0.2, -0.15) is 9.57 Å². The highest BCUT2D eigenvalue weighted by Gasteiger charge is 2.26. The van der Waals surface area contributed by atoms with Crippen LogP contribution in [0, 0.1) is 11.3 Å². The normalized spacial score (nSPS) is 15.0. The predicted octanol–water partition coefficient (Wildman–Crippen LogP) is 3.61. The summed E-state index contributed by atoms with van der Waals surface area (Å²) in [5.41, 5.74) is 2.20. The van der Waals surface area contributed by atoms with Crippen LogP contribution in [0.4, 0.5) is 5.69 Å². The number of nitrogens with one attached hydrogen (secondary N) is 1.